The fourth-order valence-electron chi connectivity index (χ4n) is 2.78. The van der Waals surface area contributed by atoms with Gasteiger partial charge in [0.05, 0.1) is 19.0 Å². The number of nitrogens with zero attached hydrogens (tertiary/aromatic N) is 2. The molecule has 3 rings (SSSR count). The van der Waals surface area contributed by atoms with Crippen molar-refractivity contribution in [2.45, 2.75) is 25.5 Å². The Morgan fingerprint density at radius 2 is 1.88 bits per heavy atom. The van der Waals surface area contributed by atoms with E-state index in [4.69, 9.17) is 16.3 Å². The molecule has 0 saturated carbocycles. The first kappa shape index (κ1) is 18.4. The highest BCUT2D eigenvalue weighted by molar-refractivity contribution is 6.30. The van der Waals surface area contributed by atoms with Gasteiger partial charge in [-0.3, -0.25) is 0 Å². The van der Waals surface area contributed by atoms with Crippen LogP contribution in [0.1, 0.15) is 17.5 Å². The van der Waals surface area contributed by atoms with Crippen LogP contribution in [-0.4, -0.2) is 22.3 Å². The van der Waals surface area contributed by atoms with Crippen molar-refractivity contribution in [1.29, 1.82) is 0 Å². The van der Waals surface area contributed by atoms with Gasteiger partial charge in [0.2, 0.25) is 0 Å². The second-order valence-electron chi connectivity index (χ2n) is 6.19. The maximum Gasteiger partial charge on any atom is 0.0946 e. The van der Waals surface area contributed by atoms with Crippen molar-refractivity contribution in [2.75, 3.05) is 6.61 Å². The summed E-state index contributed by atoms with van der Waals surface area (Å²) >= 11 is 5.96. The molecule has 1 heterocycles. The fourth-order valence-corrected chi connectivity index (χ4v) is 2.90. The van der Waals surface area contributed by atoms with E-state index in [9.17, 15) is 0 Å². The lowest BCUT2D eigenvalue weighted by atomic mass is 10.1. The monoisotopic (exact) mass is 366 g/mol. The summed E-state index contributed by atoms with van der Waals surface area (Å²) in [6, 6.07) is 18.3. The third kappa shape index (κ3) is 6.17. The van der Waals surface area contributed by atoms with Gasteiger partial charge < -0.3 is 9.30 Å². The summed E-state index contributed by atoms with van der Waals surface area (Å²) in [5.41, 5.74) is 2.46. The molecule has 0 spiro atoms. The molecule has 0 aliphatic rings. The summed E-state index contributed by atoms with van der Waals surface area (Å²) in [4.78, 5) is 4.12. The van der Waals surface area contributed by atoms with E-state index >= 15 is 0 Å². The number of imidazole rings is 1. The quantitative estimate of drug-likeness (QED) is 0.516. The molecule has 1 aromatic heterocycles. The number of hydrogen-bond donors (Lipinski definition) is 0. The average molecular weight is 367 g/mol. The molecule has 0 aliphatic heterocycles. The van der Waals surface area contributed by atoms with Crippen molar-refractivity contribution < 1.29 is 4.74 Å². The standard InChI is InChI=1S/C22H23ClN2O/c23-21-11-8-20(9-12-21)10-13-22(17-25-15-14-24-18-25)26-16-4-7-19-5-2-1-3-6-19/h1-9,11-12,14-15,18,22H,10,13,16-17H2/b7-4+. The van der Waals surface area contributed by atoms with Gasteiger partial charge in [-0.05, 0) is 36.1 Å². The van der Waals surface area contributed by atoms with E-state index in [1.165, 1.54) is 11.1 Å². The van der Waals surface area contributed by atoms with Crippen LogP contribution in [0, 0.1) is 0 Å². The molecule has 0 radical (unpaired) electrons. The third-order valence-electron chi connectivity index (χ3n) is 4.18. The van der Waals surface area contributed by atoms with E-state index in [1.807, 2.05) is 42.9 Å². The van der Waals surface area contributed by atoms with Crippen molar-refractivity contribution in [3.8, 4) is 0 Å². The number of hydrogen-bond acceptors (Lipinski definition) is 2. The summed E-state index contributed by atoms with van der Waals surface area (Å²) in [6.07, 6.45) is 11.8. The second kappa shape index (κ2) is 9.95. The maximum absolute atomic E-state index is 6.12. The summed E-state index contributed by atoms with van der Waals surface area (Å²) in [5.74, 6) is 0. The molecule has 134 valence electrons. The second-order valence-corrected chi connectivity index (χ2v) is 6.63. The largest absolute Gasteiger partial charge is 0.372 e. The van der Waals surface area contributed by atoms with Crippen LogP contribution in [0.25, 0.3) is 6.08 Å². The van der Waals surface area contributed by atoms with E-state index in [0.717, 1.165) is 24.4 Å². The van der Waals surface area contributed by atoms with Crippen LogP contribution < -0.4 is 0 Å². The molecule has 1 unspecified atom stereocenters. The maximum atomic E-state index is 6.12. The molecule has 2 aromatic carbocycles. The number of benzene rings is 2. The number of aryl methyl sites for hydroxylation is 1. The van der Waals surface area contributed by atoms with Crippen molar-refractivity contribution in [3.05, 3.63) is 95.5 Å². The Bertz CT molecular complexity index is 783. The molecule has 0 bridgehead atoms. The average Bonchev–Trinajstić information content (AvgIpc) is 3.18. The Kier molecular flexibility index (Phi) is 7.05. The molecular formula is C22H23ClN2O. The summed E-state index contributed by atoms with van der Waals surface area (Å²) in [5, 5.41) is 0.769. The fraction of sp³-hybridized carbons (Fsp3) is 0.227. The van der Waals surface area contributed by atoms with Gasteiger partial charge in [0, 0.05) is 24.0 Å². The van der Waals surface area contributed by atoms with Gasteiger partial charge in [0.25, 0.3) is 0 Å². The zero-order valence-corrected chi connectivity index (χ0v) is 15.4. The Labute approximate surface area is 159 Å². The van der Waals surface area contributed by atoms with Crippen LogP contribution in [0.15, 0.2) is 79.4 Å². The first-order valence-electron chi connectivity index (χ1n) is 8.83. The molecule has 0 fully saturated rings. The van der Waals surface area contributed by atoms with Crippen molar-refractivity contribution in [3.63, 3.8) is 0 Å². The minimum Gasteiger partial charge on any atom is -0.372 e. The number of aromatic nitrogens is 2. The predicted molar refractivity (Wildman–Crippen MR) is 107 cm³/mol. The molecule has 26 heavy (non-hydrogen) atoms. The van der Waals surface area contributed by atoms with E-state index in [0.29, 0.717) is 6.61 Å². The van der Waals surface area contributed by atoms with Crippen molar-refractivity contribution in [2.24, 2.45) is 0 Å². The Balaban J connectivity index is 1.54. The Hall–Kier alpha value is -2.36. The molecule has 3 nitrogen and oxygen atoms in total. The number of halogens is 1. The van der Waals surface area contributed by atoms with Crippen LogP contribution in [0.2, 0.25) is 5.02 Å². The van der Waals surface area contributed by atoms with Crippen LogP contribution in [0.5, 0.6) is 0 Å². The van der Waals surface area contributed by atoms with Gasteiger partial charge in [-0.1, -0.05) is 66.2 Å². The van der Waals surface area contributed by atoms with Crippen LogP contribution in [0.3, 0.4) is 0 Å². The van der Waals surface area contributed by atoms with Gasteiger partial charge in [0.15, 0.2) is 0 Å². The Morgan fingerprint density at radius 3 is 2.62 bits per heavy atom. The number of rotatable bonds is 9. The van der Waals surface area contributed by atoms with Crippen LogP contribution >= 0.6 is 11.6 Å². The summed E-state index contributed by atoms with van der Waals surface area (Å²) < 4.78 is 8.18. The lowest BCUT2D eigenvalue weighted by Gasteiger charge is -2.18. The molecule has 3 aromatic rings. The molecule has 1 atom stereocenters. The van der Waals surface area contributed by atoms with E-state index < -0.39 is 0 Å². The third-order valence-corrected chi connectivity index (χ3v) is 4.43. The molecule has 0 amide bonds. The number of ether oxygens (including phenoxy) is 1. The molecule has 0 N–H and O–H groups in total. The highest BCUT2D eigenvalue weighted by Crippen LogP contribution is 2.14. The summed E-state index contributed by atoms with van der Waals surface area (Å²) in [6.45, 7) is 1.39. The zero-order chi connectivity index (χ0) is 18.0. The van der Waals surface area contributed by atoms with Crippen molar-refractivity contribution >= 4 is 17.7 Å². The van der Waals surface area contributed by atoms with Gasteiger partial charge in [0.1, 0.15) is 0 Å². The predicted octanol–water partition coefficient (Wildman–Crippen LogP) is 5.27. The molecule has 0 saturated heterocycles. The van der Waals surface area contributed by atoms with E-state index in [1.54, 1.807) is 6.20 Å². The molecule has 0 aliphatic carbocycles. The molecular weight excluding hydrogens is 344 g/mol. The van der Waals surface area contributed by atoms with Gasteiger partial charge in [-0.15, -0.1) is 0 Å². The van der Waals surface area contributed by atoms with Gasteiger partial charge >= 0.3 is 0 Å². The topological polar surface area (TPSA) is 27.1 Å². The van der Waals surface area contributed by atoms with Crippen LogP contribution in [0.4, 0.5) is 0 Å². The van der Waals surface area contributed by atoms with E-state index in [2.05, 4.69) is 46.0 Å². The zero-order valence-electron chi connectivity index (χ0n) is 14.7. The van der Waals surface area contributed by atoms with Crippen LogP contribution in [-0.2, 0) is 17.7 Å². The molecule has 4 heteroatoms. The normalized spacial score (nSPS) is 12.5. The van der Waals surface area contributed by atoms with Gasteiger partial charge in [-0.25, -0.2) is 4.98 Å². The smallest absolute Gasteiger partial charge is 0.0946 e. The van der Waals surface area contributed by atoms with E-state index in [-0.39, 0.29) is 6.10 Å². The minimum absolute atomic E-state index is 0.125. The SMILES string of the molecule is Clc1ccc(CCC(Cn2ccnc2)OC/C=C/c2ccccc2)cc1. The highest BCUT2D eigenvalue weighted by Gasteiger charge is 2.10. The lowest BCUT2D eigenvalue weighted by Crippen LogP contribution is -2.20. The first-order valence-corrected chi connectivity index (χ1v) is 9.21. The Morgan fingerprint density at radius 1 is 1.08 bits per heavy atom. The minimum atomic E-state index is 0.125. The van der Waals surface area contributed by atoms with Gasteiger partial charge in [-0.2, -0.15) is 0 Å². The lowest BCUT2D eigenvalue weighted by molar-refractivity contribution is 0.0553. The first-order chi connectivity index (χ1) is 12.8. The van der Waals surface area contributed by atoms with Crippen molar-refractivity contribution in [1.82, 2.24) is 9.55 Å². The summed E-state index contributed by atoms with van der Waals surface area (Å²) in [7, 11) is 0. The highest BCUT2D eigenvalue weighted by atomic mass is 35.5.